The number of nitrogens with one attached hydrogen (secondary N) is 1. The fourth-order valence-electron chi connectivity index (χ4n) is 2.44. The van der Waals surface area contributed by atoms with Crippen molar-refractivity contribution in [2.75, 3.05) is 6.54 Å². The van der Waals surface area contributed by atoms with Crippen molar-refractivity contribution in [3.05, 3.63) is 71.8 Å². The van der Waals surface area contributed by atoms with Crippen LogP contribution in [0.25, 0.3) is 0 Å². The molecule has 2 rings (SSSR count). The van der Waals surface area contributed by atoms with Crippen LogP contribution >= 0.6 is 0 Å². The summed E-state index contributed by atoms with van der Waals surface area (Å²) in [4.78, 5) is 24.3. The number of rotatable bonds is 8. The Labute approximate surface area is 148 Å². The van der Waals surface area contributed by atoms with Gasteiger partial charge in [-0.25, -0.2) is 0 Å². The normalized spacial score (nSPS) is 12.9. The van der Waals surface area contributed by atoms with Gasteiger partial charge in [0.25, 0.3) is 0 Å². The third kappa shape index (κ3) is 5.72. The van der Waals surface area contributed by atoms with Crippen molar-refractivity contribution >= 4 is 11.9 Å². The Hall–Kier alpha value is -2.66. The number of nitrogens with two attached hydrogens (primary N) is 1. The third-order valence-corrected chi connectivity index (χ3v) is 4.08. The van der Waals surface area contributed by atoms with Gasteiger partial charge in [-0.05, 0) is 24.0 Å². The molecule has 0 fully saturated rings. The highest BCUT2D eigenvalue weighted by atomic mass is 16.5. The number of benzene rings is 2. The number of ether oxygens (including phenoxy) is 1. The van der Waals surface area contributed by atoms with Crippen LogP contribution in [0.1, 0.15) is 24.5 Å². The van der Waals surface area contributed by atoms with Crippen LogP contribution in [0.3, 0.4) is 0 Å². The Morgan fingerprint density at radius 3 is 2.12 bits per heavy atom. The molecule has 2 aromatic rings. The molecule has 0 saturated carbocycles. The van der Waals surface area contributed by atoms with E-state index in [2.05, 4.69) is 5.32 Å². The van der Waals surface area contributed by atoms with E-state index in [1.807, 2.05) is 67.6 Å². The Morgan fingerprint density at radius 1 is 1.00 bits per heavy atom. The van der Waals surface area contributed by atoms with E-state index >= 15 is 0 Å². The highest BCUT2D eigenvalue weighted by molar-refractivity contribution is 5.89. The molecule has 5 heteroatoms. The van der Waals surface area contributed by atoms with E-state index in [-0.39, 0.29) is 19.1 Å². The van der Waals surface area contributed by atoms with Crippen LogP contribution in [0, 0.1) is 0 Å². The van der Waals surface area contributed by atoms with Crippen molar-refractivity contribution in [3.8, 4) is 0 Å². The highest BCUT2D eigenvalue weighted by Gasteiger charge is 2.32. The average Bonchev–Trinajstić information content (AvgIpc) is 2.65. The zero-order chi connectivity index (χ0) is 18.1. The van der Waals surface area contributed by atoms with Gasteiger partial charge in [0.15, 0.2) is 0 Å². The van der Waals surface area contributed by atoms with E-state index in [1.54, 1.807) is 0 Å². The second-order valence-corrected chi connectivity index (χ2v) is 6.00. The standard InChI is InChI=1S/C20H24N2O3/c1-2-20(21,13-16-9-5-3-6-10-16)19(24)22-14-18(23)25-15-17-11-7-4-8-12-17/h3-12H,2,13-15,21H2,1H3,(H,22,24)/t20-/m0/s1. The molecule has 0 saturated heterocycles. The molecule has 0 aromatic heterocycles. The highest BCUT2D eigenvalue weighted by Crippen LogP contribution is 2.15. The molecule has 0 bridgehead atoms. The molecule has 0 aliphatic rings. The molecule has 3 N–H and O–H groups in total. The maximum atomic E-state index is 12.4. The number of carbonyl (C=O) groups is 2. The van der Waals surface area contributed by atoms with Crippen molar-refractivity contribution in [1.82, 2.24) is 5.32 Å². The van der Waals surface area contributed by atoms with Crippen molar-refractivity contribution in [3.63, 3.8) is 0 Å². The SMILES string of the molecule is CC[C@](N)(Cc1ccccc1)C(=O)NCC(=O)OCc1ccccc1. The maximum Gasteiger partial charge on any atom is 0.325 e. The Balaban J connectivity index is 1.83. The van der Waals surface area contributed by atoms with Crippen LogP contribution in [0.4, 0.5) is 0 Å². The van der Waals surface area contributed by atoms with E-state index in [9.17, 15) is 9.59 Å². The molecule has 0 aliphatic heterocycles. The summed E-state index contributed by atoms with van der Waals surface area (Å²) in [5, 5.41) is 2.59. The molecule has 25 heavy (non-hydrogen) atoms. The minimum absolute atomic E-state index is 0.182. The summed E-state index contributed by atoms with van der Waals surface area (Å²) < 4.78 is 5.15. The van der Waals surface area contributed by atoms with Crippen LogP contribution in [0.15, 0.2) is 60.7 Å². The van der Waals surface area contributed by atoms with Crippen LogP contribution in [-0.4, -0.2) is 24.0 Å². The monoisotopic (exact) mass is 340 g/mol. The number of carbonyl (C=O) groups excluding carboxylic acids is 2. The van der Waals surface area contributed by atoms with E-state index in [1.165, 1.54) is 0 Å². The van der Waals surface area contributed by atoms with Crippen molar-refractivity contribution < 1.29 is 14.3 Å². The van der Waals surface area contributed by atoms with Crippen molar-refractivity contribution in [2.24, 2.45) is 5.73 Å². The van der Waals surface area contributed by atoms with Gasteiger partial charge in [-0.2, -0.15) is 0 Å². The van der Waals surface area contributed by atoms with E-state index in [0.717, 1.165) is 11.1 Å². The number of amides is 1. The fraction of sp³-hybridized carbons (Fsp3) is 0.300. The Bertz CT molecular complexity index is 689. The average molecular weight is 340 g/mol. The smallest absolute Gasteiger partial charge is 0.325 e. The molecule has 1 atom stereocenters. The van der Waals surface area contributed by atoms with Crippen molar-refractivity contribution in [2.45, 2.75) is 31.9 Å². The lowest BCUT2D eigenvalue weighted by atomic mass is 9.88. The van der Waals surface area contributed by atoms with Gasteiger partial charge in [0.1, 0.15) is 13.2 Å². The quantitative estimate of drug-likeness (QED) is 0.722. The zero-order valence-electron chi connectivity index (χ0n) is 14.4. The molecular formula is C20H24N2O3. The molecule has 0 unspecified atom stereocenters. The van der Waals surface area contributed by atoms with Crippen molar-refractivity contribution in [1.29, 1.82) is 0 Å². The largest absolute Gasteiger partial charge is 0.460 e. The van der Waals surface area contributed by atoms with Gasteiger partial charge < -0.3 is 15.8 Å². The second-order valence-electron chi connectivity index (χ2n) is 6.00. The molecular weight excluding hydrogens is 316 g/mol. The summed E-state index contributed by atoms with van der Waals surface area (Å²) in [5.74, 6) is -0.842. The third-order valence-electron chi connectivity index (χ3n) is 4.08. The van der Waals surface area contributed by atoms with Gasteiger partial charge in [0.2, 0.25) is 5.91 Å². The topological polar surface area (TPSA) is 81.4 Å². The first-order valence-corrected chi connectivity index (χ1v) is 8.34. The second kappa shape index (κ2) is 8.99. The van der Waals surface area contributed by atoms with E-state index < -0.39 is 11.5 Å². The predicted molar refractivity (Wildman–Crippen MR) is 96.6 cm³/mol. The molecule has 0 spiro atoms. The Morgan fingerprint density at radius 2 is 1.56 bits per heavy atom. The van der Waals surface area contributed by atoms with Crippen LogP contribution in [0.5, 0.6) is 0 Å². The predicted octanol–water partition coefficient (Wildman–Crippen LogP) is 2.20. The summed E-state index contributed by atoms with van der Waals surface area (Å²) in [6, 6.07) is 19.0. The molecule has 0 heterocycles. The summed E-state index contributed by atoms with van der Waals surface area (Å²) >= 11 is 0. The summed E-state index contributed by atoms with van der Waals surface area (Å²) in [6.45, 7) is 1.84. The van der Waals surface area contributed by atoms with E-state index in [4.69, 9.17) is 10.5 Å². The first kappa shape index (κ1) is 18.7. The van der Waals surface area contributed by atoms with Gasteiger partial charge in [0.05, 0.1) is 5.54 Å². The van der Waals surface area contributed by atoms with Crippen LogP contribution < -0.4 is 11.1 Å². The first-order chi connectivity index (χ1) is 12.0. The summed E-state index contributed by atoms with van der Waals surface area (Å²) in [6.07, 6.45) is 0.877. The van der Waals surface area contributed by atoms with Gasteiger partial charge in [0, 0.05) is 0 Å². The zero-order valence-corrected chi connectivity index (χ0v) is 14.4. The molecule has 0 aliphatic carbocycles. The van der Waals surface area contributed by atoms with Crippen LogP contribution in [-0.2, 0) is 27.4 Å². The molecule has 132 valence electrons. The molecule has 5 nitrogen and oxygen atoms in total. The fourth-order valence-corrected chi connectivity index (χ4v) is 2.44. The van der Waals surface area contributed by atoms with E-state index in [0.29, 0.717) is 12.8 Å². The first-order valence-electron chi connectivity index (χ1n) is 8.34. The number of hydrogen-bond acceptors (Lipinski definition) is 4. The molecule has 1 amide bonds. The Kier molecular flexibility index (Phi) is 6.71. The van der Waals surface area contributed by atoms with Crippen LogP contribution in [0.2, 0.25) is 0 Å². The van der Waals surface area contributed by atoms with Gasteiger partial charge >= 0.3 is 5.97 Å². The lowest BCUT2D eigenvalue weighted by Gasteiger charge is -2.26. The number of hydrogen-bond donors (Lipinski definition) is 2. The maximum absolute atomic E-state index is 12.4. The van der Waals surface area contributed by atoms with Gasteiger partial charge in [-0.3, -0.25) is 9.59 Å². The lowest BCUT2D eigenvalue weighted by Crippen LogP contribution is -2.56. The molecule has 2 aromatic carbocycles. The van der Waals surface area contributed by atoms with Gasteiger partial charge in [-0.1, -0.05) is 67.6 Å². The summed E-state index contributed by atoms with van der Waals surface area (Å²) in [7, 11) is 0. The van der Waals surface area contributed by atoms with Gasteiger partial charge in [-0.15, -0.1) is 0 Å². The minimum Gasteiger partial charge on any atom is -0.460 e. The number of esters is 1. The lowest BCUT2D eigenvalue weighted by molar-refractivity contribution is -0.145. The summed E-state index contributed by atoms with van der Waals surface area (Å²) in [5.41, 5.74) is 7.08. The molecule has 0 radical (unpaired) electrons. The minimum atomic E-state index is -1.05.